The van der Waals surface area contributed by atoms with Crippen molar-refractivity contribution >= 4 is 17.3 Å². The predicted octanol–water partition coefficient (Wildman–Crippen LogP) is 3.71. The smallest absolute Gasteiger partial charge is 0.311 e. The molecule has 0 atom stereocenters. The first-order chi connectivity index (χ1) is 12.6. The maximum atomic E-state index is 13.1. The van der Waals surface area contributed by atoms with Crippen LogP contribution in [0.3, 0.4) is 0 Å². The van der Waals surface area contributed by atoms with Gasteiger partial charge in [-0.15, -0.1) is 0 Å². The van der Waals surface area contributed by atoms with Gasteiger partial charge < -0.3 is 10.6 Å². The van der Waals surface area contributed by atoms with E-state index < -0.39 is 4.92 Å². The highest BCUT2D eigenvalue weighted by Gasteiger charge is 2.16. The van der Waals surface area contributed by atoms with Gasteiger partial charge in [-0.2, -0.15) is 0 Å². The number of pyridine rings is 2. The molecule has 0 aliphatic rings. The predicted molar refractivity (Wildman–Crippen MR) is 97.5 cm³/mol. The van der Waals surface area contributed by atoms with Crippen LogP contribution in [0.5, 0.6) is 0 Å². The van der Waals surface area contributed by atoms with E-state index >= 15 is 0 Å². The van der Waals surface area contributed by atoms with Crippen LogP contribution < -0.4 is 10.6 Å². The lowest BCUT2D eigenvalue weighted by molar-refractivity contribution is -0.384. The normalized spacial score (nSPS) is 10.3. The third-order valence-corrected chi connectivity index (χ3v) is 3.60. The van der Waals surface area contributed by atoms with Crippen molar-refractivity contribution in [3.05, 3.63) is 76.7 Å². The summed E-state index contributed by atoms with van der Waals surface area (Å²) >= 11 is 0. The van der Waals surface area contributed by atoms with Crippen LogP contribution in [0.2, 0.25) is 0 Å². The minimum atomic E-state index is -0.490. The number of rotatable bonds is 7. The van der Waals surface area contributed by atoms with Crippen LogP contribution in [0, 0.1) is 15.9 Å². The van der Waals surface area contributed by atoms with E-state index in [1.165, 1.54) is 18.2 Å². The number of hydrogen-bond acceptors (Lipinski definition) is 6. The SMILES string of the molecule is O=[N+]([O-])c1ccc(-c2ccc(F)cc2)nc1NCCNc1ccccn1. The fourth-order valence-corrected chi connectivity index (χ4v) is 2.35. The van der Waals surface area contributed by atoms with Gasteiger partial charge in [-0.05, 0) is 42.5 Å². The van der Waals surface area contributed by atoms with Gasteiger partial charge in [-0.3, -0.25) is 10.1 Å². The molecule has 8 heteroatoms. The molecule has 2 N–H and O–H groups in total. The highest BCUT2D eigenvalue weighted by atomic mass is 19.1. The Kier molecular flexibility index (Phi) is 5.33. The van der Waals surface area contributed by atoms with E-state index in [1.807, 2.05) is 18.2 Å². The third kappa shape index (κ3) is 4.29. The molecule has 0 amide bonds. The van der Waals surface area contributed by atoms with Crippen LogP contribution in [-0.2, 0) is 0 Å². The van der Waals surface area contributed by atoms with Crippen LogP contribution in [0.1, 0.15) is 0 Å². The van der Waals surface area contributed by atoms with Crippen molar-refractivity contribution in [2.75, 3.05) is 23.7 Å². The third-order valence-electron chi connectivity index (χ3n) is 3.60. The van der Waals surface area contributed by atoms with Crippen LogP contribution >= 0.6 is 0 Å². The number of nitro groups is 1. The fourth-order valence-electron chi connectivity index (χ4n) is 2.35. The Morgan fingerprint density at radius 1 is 1.00 bits per heavy atom. The van der Waals surface area contributed by atoms with Crippen molar-refractivity contribution in [2.24, 2.45) is 0 Å². The lowest BCUT2D eigenvalue weighted by atomic mass is 10.1. The highest BCUT2D eigenvalue weighted by Crippen LogP contribution is 2.26. The average molecular weight is 353 g/mol. The average Bonchev–Trinajstić information content (AvgIpc) is 2.66. The topological polar surface area (TPSA) is 93.0 Å². The van der Waals surface area contributed by atoms with Gasteiger partial charge in [0.05, 0.1) is 10.6 Å². The van der Waals surface area contributed by atoms with Crippen LogP contribution in [0.4, 0.5) is 21.7 Å². The van der Waals surface area contributed by atoms with E-state index in [2.05, 4.69) is 20.6 Å². The van der Waals surface area contributed by atoms with Crippen molar-refractivity contribution in [3.63, 3.8) is 0 Å². The molecule has 0 fully saturated rings. The van der Waals surface area contributed by atoms with E-state index in [-0.39, 0.29) is 17.3 Å². The first-order valence-electron chi connectivity index (χ1n) is 7.93. The van der Waals surface area contributed by atoms with Gasteiger partial charge in [-0.1, -0.05) is 6.07 Å². The zero-order valence-electron chi connectivity index (χ0n) is 13.7. The molecular weight excluding hydrogens is 337 g/mol. The summed E-state index contributed by atoms with van der Waals surface area (Å²) in [5.74, 6) is 0.533. The summed E-state index contributed by atoms with van der Waals surface area (Å²) in [5.41, 5.74) is 1.08. The molecule has 0 aliphatic carbocycles. The van der Waals surface area contributed by atoms with E-state index in [9.17, 15) is 14.5 Å². The van der Waals surface area contributed by atoms with Gasteiger partial charge in [0, 0.05) is 30.9 Å². The molecule has 0 unspecified atom stereocenters. The monoisotopic (exact) mass is 353 g/mol. The van der Waals surface area contributed by atoms with Gasteiger partial charge in [0.25, 0.3) is 0 Å². The molecule has 0 bridgehead atoms. The van der Waals surface area contributed by atoms with E-state index in [4.69, 9.17) is 0 Å². The first-order valence-corrected chi connectivity index (χ1v) is 7.93. The van der Waals surface area contributed by atoms with Crippen LogP contribution in [0.25, 0.3) is 11.3 Å². The molecule has 132 valence electrons. The largest absolute Gasteiger partial charge is 0.368 e. The molecule has 26 heavy (non-hydrogen) atoms. The highest BCUT2D eigenvalue weighted by molar-refractivity contribution is 5.66. The lowest BCUT2D eigenvalue weighted by Crippen LogP contribution is -2.15. The van der Waals surface area contributed by atoms with Gasteiger partial charge >= 0.3 is 5.69 Å². The van der Waals surface area contributed by atoms with Crippen molar-refractivity contribution < 1.29 is 9.31 Å². The zero-order valence-corrected chi connectivity index (χ0v) is 13.7. The van der Waals surface area contributed by atoms with E-state index in [0.29, 0.717) is 24.3 Å². The summed E-state index contributed by atoms with van der Waals surface area (Å²) in [6.45, 7) is 0.925. The molecule has 0 saturated carbocycles. The van der Waals surface area contributed by atoms with Gasteiger partial charge in [0.15, 0.2) is 0 Å². The number of nitrogens with zero attached hydrogens (tertiary/aromatic N) is 3. The van der Waals surface area contributed by atoms with E-state index in [0.717, 1.165) is 5.82 Å². The summed E-state index contributed by atoms with van der Waals surface area (Å²) in [5, 5.41) is 17.3. The summed E-state index contributed by atoms with van der Waals surface area (Å²) in [6, 6.07) is 14.2. The Morgan fingerprint density at radius 2 is 1.77 bits per heavy atom. The Hall–Kier alpha value is -3.55. The number of nitrogens with one attached hydrogen (secondary N) is 2. The molecule has 3 rings (SSSR count). The second-order valence-corrected chi connectivity index (χ2v) is 5.40. The van der Waals surface area contributed by atoms with Crippen molar-refractivity contribution in [1.29, 1.82) is 0 Å². The van der Waals surface area contributed by atoms with Crippen LogP contribution in [0.15, 0.2) is 60.8 Å². The summed E-state index contributed by atoms with van der Waals surface area (Å²) in [7, 11) is 0. The summed E-state index contributed by atoms with van der Waals surface area (Å²) in [6.07, 6.45) is 1.67. The Bertz CT molecular complexity index is 888. The first kappa shape index (κ1) is 17.3. The lowest BCUT2D eigenvalue weighted by Gasteiger charge is -2.09. The molecule has 2 heterocycles. The molecule has 1 aromatic carbocycles. The van der Waals surface area contributed by atoms with Crippen molar-refractivity contribution in [1.82, 2.24) is 9.97 Å². The Labute approximate surface area is 149 Å². The zero-order chi connectivity index (χ0) is 18.4. The molecular formula is C18H16FN5O2. The Balaban J connectivity index is 1.72. The molecule has 0 saturated heterocycles. The van der Waals surface area contributed by atoms with Crippen LogP contribution in [-0.4, -0.2) is 28.0 Å². The molecule has 0 aliphatic heterocycles. The number of hydrogen-bond donors (Lipinski definition) is 2. The number of benzene rings is 1. The fraction of sp³-hybridized carbons (Fsp3) is 0.111. The van der Waals surface area contributed by atoms with Crippen molar-refractivity contribution in [2.45, 2.75) is 0 Å². The summed E-state index contributed by atoms with van der Waals surface area (Å²) in [4.78, 5) is 19.2. The second kappa shape index (κ2) is 8.02. The summed E-state index contributed by atoms with van der Waals surface area (Å²) < 4.78 is 13.1. The molecule has 0 spiro atoms. The molecule has 3 aromatic rings. The Morgan fingerprint density at radius 3 is 2.46 bits per heavy atom. The maximum absolute atomic E-state index is 13.1. The minimum Gasteiger partial charge on any atom is -0.368 e. The number of anilines is 2. The molecule has 2 aromatic heterocycles. The molecule has 7 nitrogen and oxygen atoms in total. The standard InChI is InChI=1S/C18H16FN5O2/c19-14-6-4-13(5-7-14)15-8-9-16(24(25)26)18(23-15)22-12-11-21-17-3-1-2-10-20-17/h1-10H,11-12H2,(H,20,21)(H,22,23). The molecule has 0 radical (unpaired) electrons. The second-order valence-electron chi connectivity index (χ2n) is 5.40. The van der Waals surface area contributed by atoms with E-state index in [1.54, 1.807) is 24.4 Å². The van der Waals surface area contributed by atoms with Gasteiger partial charge in [0.2, 0.25) is 5.82 Å². The number of aromatic nitrogens is 2. The minimum absolute atomic E-state index is 0.117. The van der Waals surface area contributed by atoms with Crippen molar-refractivity contribution in [3.8, 4) is 11.3 Å². The van der Waals surface area contributed by atoms with Gasteiger partial charge in [-0.25, -0.2) is 14.4 Å². The number of halogens is 1. The quantitative estimate of drug-likeness (QED) is 0.382. The van der Waals surface area contributed by atoms with Gasteiger partial charge in [0.1, 0.15) is 11.6 Å². The maximum Gasteiger partial charge on any atom is 0.311 e.